The van der Waals surface area contributed by atoms with Crippen molar-refractivity contribution in [3.05, 3.63) is 0 Å². The fraction of sp³-hybridized carbons (Fsp3) is 0.917. The lowest BCUT2D eigenvalue weighted by molar-refractivity contribution is -0.432. The lowest BCUT2D eigenvalue weighted by Crippen LogP contribution is -2.63. The van der Waals surface area contributed by atoms with Gasteiger partial charge in [-0.15, -0.1) is 4.33 Å². The minimum absolute atomic E-state index is 0.0106. The van der Waals surface area contributed by atoms with Crippen LogP contribution in [-0.4, -0.2) is 39.1 Å². The maximum absolute atomic E-state index is 11.2. The van der Waals surface area contributed by atoms with Gasteiger partial charge >= 0.3 is 0 Å². The minimum atomic E-state index is -0.0827. The summed E-state index contributed by atoms with van der Waals surface area (Å²) in [6.45, 7) is 10.1. The van der Waals surface area contributed by atoms with Gasteiger partial charge in [0, 0.05) is 24.0 Å². The van der Waals surface area contributed by atoms with Crippen LogP contribution in [0.25, 0.3) is 0 Å². The van der Waals surface area contributed by atoms with Crippen LogP contribution < -0.4 is 5.32 Å². The average molecular weight is 292 g/mol. The molecule has 0 bridgehead atoms. The topological polar surface area (TPSA) is 71.0 Å². The first-order chi connectivity index (χ1) is 8.69. The maximum atomic E-state index is 11.2. The average Bonchev–Trinajstić information content (AvgIpc) is 2.19. The summed E-state index contributed by atoms with van der Waals surface area (Å²) in [6, 6.07) is 0.179. The molecule has 1 rings (SSSR count). The molecule has 0 unspecified atom stereocenters. The van der Waals surface area contributed by atoms with Gasteiger partial charge in [0.05, 0.1) is 17.9 Å². The van der Waals surface area contributed by atoms with Gasteiger partial charge in [0.15, 0.2) is 0 Å². The van der Waals surface area contributed by atoms with Crippen molar-refractivity contribution in [2.45, 2.75) is 64.6 Å². The summed E-state index contributed by atoms with van der Waals surface area (Å²) < 4.78 is 4.48. The largest absolute Gasteiger partial charge is 0.353 e. The van der Waals surface area contributed by atoms with Crippen molar-refractivity contribution in [2.24, 2.45) is 0 Å². The highest BCUT2D eigenvalue weighted by Gasteiger charge is 2.45. The van der Waals surface area contributed by atoms with E-state index >= 15 is 0 Å². The van der Waals surface area contributed by atoms with Crippen molar-refractivity contribution in [2.75, 3.05) is 5.88 Å². The second-order valence-electron chi connectivity index (χ2n) is 6.25. The van der Waals surface area contributed by atoms with E-state index in [2.05, 4.69) is 47.3 Å². The number of nitrogens with one attached hydrogen (secondary N) is 1. The van der Waals surface area contributed by atoms with E-state index in [4.69, 9.17) is 5.26 Å². The van der Waals surface area contributed by atoms with E-state index in [1.165, 1.54) is 0 Å². The van der Waals surface area contributed by atoms with Crippen LogP contribution in [0.2, 0.25) is 0 Å². The minimum Gasteiger partial charge on any atom is -0.353 e. The molecule has 0 radical (unpaired) electrons. The third kappa shape index (κ3) is 4.61. The fourth-order valence-corrected chi connectivity index (χ4v) is 4.04. The van der Waals surface area contributed by atoms with Gasteiger partial charge in [-0.1, -0.05) is 5.04 Å². The summed E-state index contributed by atoms with van der Waals surface area (Å²) in [5, 5.41) is 14.8. The highest BCUT2D eigenvalue weighted by atomic mass is 32.2. The predicted octanol–water partition coefficient (Wildman–Crippen LogP) is 2.17. The van der Waals surface area contributed by atoms with Gasteiger partial charge in [-0.25, -0.2) is 5.26 Å². The monoisotopic (exact) mass is 292 g/mol. The number of piperidine rings is 1. The molecule has 112 valence electrons. The number of nitrogens with zero attached hydrogens (tertiary/aromatic N) is 1. The van der Waals surface area contributed by atoms with Gasteiger partial charge in [-0.3, -0.25) is 9.69 Å². The van der Waals surface area contributed by atoms with Crippen LogP contribution in [0.1, 0.15) is 47.5 Å². The lowest BCUT2D eigenvalue weighted by atomic mass is 9.77. The van der Waals surface area contributed by atoms with E-state index in [9.17, 15) is 4.79 Å². The van der Waals surface area contributed by atoms with Crippen LogP contribution in [0, 0.1) is 0 Å². The van der Waals surface area contributed by atoms with Crippen molar-refractivity contribution >= 4 is 17.9 Å². The molecule has 1 fully saturated rings. The second kappa shape index (κ2) is 6.41. The molecule has 19 heavy (non-hydrogen) atoms. The molecule has 0 aliphatic carbocycles. The molecular weight excluding hydrogens is 268 g/mol. The van der Waals surface area contributed by atoms with E-state index in [0.29, 0.717) is 5.88 Å². The molecule has 1 aliphatic heterocycles. The van der Waals surface area contributed by atoms with Gasteiger partial charge in [0.25, 0.3) is 0 Å². The Bertz CT molecular complexity index is 305. The molecule has 1 amide bonds. The summed E-state index contributed by atoms with van der Waals surface area (Å²) in [5.41, 5.74) is -0.165. The first-order valence-electron chi connectivity index (χ1n) is 6.33. The molecule has 0 spiro atoms. The van der Waals surface area contributed by atoms with Crippen molar-refractivity contribution < 1.29 is 19.4 Å². The Morgan fingerprint density at radius 2 is 1.89 bits per heavy atom. The Hall–Kier alpha value is -0.340. The van der Waals surface area contributed by atoms with Gasteiger partial charge < -0.3 is 5.32 Å². The third-order valence-electron chi connectivity index (χ3n) is 3.62. The third-order valence-corrected chi connectivity index (χ3v) is 4.14. The molecular formula is C12H24N2O4S. The number of carbonyl (C=O) groups is 1. The number of hydrogen-bond donors (Lipinski definition) is 2. The molecule has 0 atom stereocenters. The number of carbonyl (C=O) groups excluding carboxylic acids is 1. The summed E-state index contributed by atoms with van der Waals surface area (Å²) in [5.74, 6) is 0.587. The standard InChI is InChI=1S/C12H24N2O4S/c1-9(15)13-10-6-11(2,3)14(8-19-18-17-16)12(4,5)7-10/h10,16H,6-8H2,1-5H3,(H,13,15). The second-order valence-corrected chi connectivity index (χ2v) is 6.88. The molecule has 6 nitrogen and oxygen atoms in total. The molecule has 1 aliphatic rings. The molecule has 0 aromatic heterocycles. The Morgan fingerprint density at radius 1 is 1.37 bits per heavy atom. The molecule has 0 aromatic rings. The first-order valence-corrected chi connectivity index (χ1v) is 7.25. The van der Waals surface area contributed by atoms with Crippen LogP contribution in [-0.2, 0) is 14.2 Å². The van der Waals surface area contributed by atoms with Crippen LogP contribution in [0.15, 0.2) is 0 Å². The van der Waals surface area contributed by atoms with Crippen LogP contribution in [0.5, 0.6) is 0 Å². The molecule has 1 saturated heterocycles. The zero-order valence-corrected chi connectivity index (χ0v) is 13.0. The normalized spacial score (nSPS) is 23.3. The van der Waals surface area contributed by atoms with Gasteiger partial charge in [0.2, 0.25) is 5.91 Å². The smallest absolute Gasteiger partial charge is 0.217 e. The van der Waals surface area contributed by atoms with E-state index < -0.39 is 0 Å². The molecule has 2 N–H and O–H groups in total. The predicted molar refractivity (Wildman–Crippen MR) is 74.1 cm³/mol. The quantitative estimate of drug-likeness (QED) is 0.350. The number of rotatable bonds is 5. The van der Waals surface area contributed by atoms with E-state index in [0.717, 1.165) is 24.9 Å². The fourth-order valence-electron chi connectivity index (χ4n) is 3.15. The Balaban J connectivity index is 2.74. The van der Waals surface area contributed by atoms with Crippen LogP contribution in [0.4, 0.5) is 0 Å². The summed E-state index contributed by atoms with van der Waals surface area (Å²) in [4.78, 5) is 13.5. The van der Waals surface area contributed by atoms with Crippen molar-refractivity contribution in [1.82, 2.24) is 10.2 Å². The first kappa shape index (κ1) is 16.7. The molecule has 7 heteroatoms. The zero-order chi connectivity index (χ0) is 14.7. The molecule has 1 heterocycles. The van der Waals surface area contributed by atoms with Crippen LogP contribution >= 0.6 is 12.0 Å². The summed E-state index contributed by atoms with van der Waals surface area (Å²) >= 11 is 1.05. The highest BCUT2D eigenvalue weighted by Crippen LogP contribution is 2.39. The Labute approximate surface area is 118 Å². The molecule has 0 aromatic carbocycles. The number of amides is 1. The SMILES string of the molecule is CC(=O)NC1CC(C)(C)N(CSOOO)C(C)(C)C1. The molecule has 0 saturated carbocycles. The van der Waals surface area contributed by atoms with Crippen molar-refractivity contribution in [1.29, 1.82) is 0 Å². The number of likely N-dealkylation sites (tertiary alicyclic amines) is 1. The lowest BCUT2D eigenvalue weighted by Gasteiger charge is -2.54. The van der Waals surface area contributed by atoms with E-state index in [1.807, 2.05) is 0 Å². The Morgan fingerprint density at radius 3 is 2.32 bits per heavy atom. The number of hydrogen-bond acceptors (Lipinski definition) is 6. The zero-order valence-electron chi connectivity index (χ0n) is 12.2. The van der Waals surface area contributed by atoms with Crippen molar-refractivity contribution in [3.8, 4) is 0 Å². The van der Waals surface area contributed by atoms with Gasteiger partial charge in [-0.05, 0) is 40.5 Å². The summed E-state index contributed by atoms with van der Waals surface area (Å²) in [7, 11) is 0. The van der Waals surface area contributed by atoms with Gasteiger partial charge in [-0.2, -0.15) is 0 Å². The van der Waals surface area contributed by atoms with Crippen molar-refractivity contribution in [3.63, 3.8) is 0 Å². The van der Waals surface area contributed by atoms with Crippen LogP contribution in [0.3, 0.4) is 0 Å². The van der Waals surface area contributed by atoms with E-state index in [1.54, 1.807) is 6.92 Å². The maximum Gasteiger partial charge on any atom is 0.217 e. The van der Waals surface area contributed by atoms with E-state index in [-0.39, 0.29) is 23.0 Å². The van der Waals surface area contributed by atoms with Gasteiger partial charge in [0.1, 0.15) is 0 Å². The summed E-state index contributed by atoms with van der Waals surface area (Å²) in [6.07, 6.45) is 1.74. The highest BCUT2D eigenvalue weighted by molar-refractivity contribution is 7.94. The Kier molecular flexibility index (Phi) is 5.64.